The van der Waals surface area contributed by atoms with Gasteiger partial charge in [0, 0.05) is 11.6 Å². The second-order valence-corrected chi connectivity index (χ2v) is 5.80. The van der Waals surface area contributed by atoms with Crippen molar-refractivity contribution < 1.29 is 4.79 Å². The number of carbonyl (C=O) groups excluding carboxylic acids is 1. The van der Waals surface area contributed by atoms with Gasteiger partial charge in [-0.05, 0) is 31.1 Å². The number of hydrazone groups is 1. The maximum Gasteiger partial charge on any atom is 0.153 e. The number of carbonyl (C=O) groups is 1. The molecule has 1 aliphatic carbocycles. The lowest BCUT2D eigenvalue weighted by atomic mass is 9.64. The third kappa shape index (κ3) is 2.11. The van der Waals surface area contributed by atoms with Gasteiger partial charge < -0.3 is 5.73 Å². The van der Waals surface area contributed by atoms with E-state index in [1.54, 1.807) is 5.01 Å². The van der Waals surface area contributed by atoms with E-state index in [9.17, 15) is 4.79 Å². The molecule has 1 saturated carbocycles. The number of hydrogen-bond acceptors (Lipinski definition) is 4. The Kier molecular flexibility index (Phi) is 3.08. The number of benzene rings is 1. The van der Waals surface area contributed by atoms with Gasteiger partial charge in [0.2, 0.25) is 0 Å². The van der Waals surface area contributed by atoms with Gasteiger partial charge in [0.25, 0.3) is 0 Å². The molecule has 1 atom stereocenters. The number of nitrogens with two attached hydrogens (primary N) is 1. The first-order valence-corrected chi connectivity index (χ1v) is 7.01. The molecule has 0 aromatic heterocycles. The maximum atomic E-state index is 12.5. The molecule has 2 N–H and O–H groups in total. The van der Waals surface area contributed by atoms with E-state index < -0.39 is 0 Å². The van der Waals surface area contributed by atoms with Gasteiger partial charge in [-0.25, -0.2) is 5.01 Å². The highest BCUT2D eigenvalue weighted by atomic mass is 16.1. The second-order valence-electron chi connectivity index (χ2n) is 5.80. The van der Waals surface area contributed by atoms with Crippen molar-refractivity contribution in [3.63, 3.8) is 0 Å². The largest absolute Gasteiger partial charge is 0.385 e. The molecule has 1 aliphatic heterocycles. The Morgan fingerprint density at radius 1 is 1.35 bits per heavy atom. The average Bonchev–Trinajstić information content (AvgIpc) is 2.45. The summed E-state index contributed by atoms with van der Waals surface area (Å²) in [5.41, 5.74) is 6.75. The monoisotopic (exact) mass is 269 g/mol. The quantitative estimate of drug-likeness (QED) is 0.917. The van der Waals surface area contributed by atoms with Crippen molar-refractivity contribution in [3.05, 3.63) is 42.6 Å². The fraction of sp³-hybridized carbons (Fsp3) is 0.375. The van der Waals surface area contributed by atoms with E-state index in [0.717, 1.165) is 24.9 Å². The van der Waals surface area contributed by atoms with Crippen LogP contribution < -0.4 is 10.7 Å². The van der Waals surface area contributed by atoms with E-state index in [1.165, 1.54) is 0 Å². The molecule has 4 nitrogen and oxygen atoms in total. The number of ketones is 1. The van der Waals surface area contributed by atoms with Crippen LogP contribution in [0.15, 0.2) is 47.7 Å². The molecule has 4 heteroatoms. The smallest absolute Gasteiger partial charge is 0.153 e. The summed E-state index contributed by atoms with van der Waals surface area (Å²) in [6, 6.07) is 9.75. The Hall–Kier alpha value is -2.10. The van der Waals surface area contributed by atoms with Gasteiger partial charge in [-0.1, -0.05) is 31.5 Å². The highest BCUT2D eigenvalue weighted by Gasteiger charge is 2.43. The summed E-state index contributed by atoms with van der Waals surface area (Å²) in [4.78, 5) is 12.5. The predicted molar refractivity (Wildman–Crippen MR) is 80.1 cm³/mol. The van der Waals surface area contributed by atoms with Crippen LogP contribution in [-0.4, -0.2) is 11.6 Å². The van der Waals surface area contributed by atoms with Crippen LogP contribution in [0.25, 0.3) is 0 Å². The Labute approximate surface area is 119 Å². The molecule has 1 fully saturated rings. The van der Waals surface area contributed by atoms with Crippen molar-refractivity contribution in [2.45, 2.75) is 26.2 Å². The van der Waals surface area contributed by atoms with Crippen LogP contribution >= 0.6 is 0 Å². The van der Waals surface area contributed by atoms with Crippen LogP contribution in [0.2, 0.25) is 0 Å². The van der Waals surface area contributed by atoms with Gasteiger partial charge in [0.1, 0.15) is 5.84 Å². The Morgan fingerprint density at radius 2 is 2.05 bits per heavy atom. The minimum atomic E-state index is -0.375. The number of nitrogens with zero attached hydrogens (tertiary/aromatic N) is 2. The third-order valence-corrected chi connectivity index (χ3v) is 4.32. The molecular weight excluding hydrogens is 250 g/mol. The van der Waals surface area contributed by atoms with E-state index >= 15 is 0 Å². The van der Waals surface area contributed by atoms with Crippen molar-refractivity contribution in [2.75, 3.05) is 5.01 Å². The molecule has 104 valence electrons. The lowest BCUT2D eigenvalue weighted by Gasteiger charge is -2.39. The van der Waals surface area contributed by atoms with Gasteiger partial charge in [-0.2, -0.15) is 5.10 Å². The Bertz CT molecular complexity index is 573. The van der Waals surface area contributed by atoms with E-state index in [4.69, 9.17) is 5.73 Å². The molecule has 2 aliphatic rings. The second kappa shape index (κ2) is 4.78. The van der Waals surface area contributed by atoms with Crippen LogP contribution in [0.1, 0.15) is 26.2 Å². The van der Waals surface area contributed by atoms with Crippen LogP contribution in [0, 0.1) is 11.3 Å². The van der Waals surface area contributed by atoms with Crippen LogP contribution in [0.3, 0.4) is 0 Å². The summed E-state index contributed by atoms with van der Waals surface area (Å²) in [6.07, 6.45) is 6.75. The Balaban J connectivity index is 1.79. The predicted octanol–water partition coefficient (Wildman–Crippen LogP) is 2.67. The fourth-order valence-electron chi connectivity index (χ4n) is 2.76. The summed E-state index contributed by atoms with van der Waals surface area (Å²) in [6.45, 7) is 2.03. The summed E-state index contributed by atoms with van der Waals surface area (Å²) in [7, 11) is 0. The highest BCUT2D eigenvalue weighted by molar-refractivity contribution is 6.08. The van der Waals surface area contributed by atoms with E-state index in [-0.39, 0.29) is 17.1 Å². The van der Waals surface area contributed by atoms with Gasteiger partial charge in [-0.3, -0.25) is 4.79 Å². The van der Waals surface area contributed by atoms with Crippen molar-refractivity contribution in [2.24, 2.45) is 22.2 Å². The minimum Gasteiger partial charge on any atom is -0.385 e. The van der Waals surface area contributed by atoms with Crippen LogP contribution in [0.4, 0.5) is 5.69 Å². The summed E-state index contributed by atoms with van der Waals surface area (Å²) in [5, 5.41) is 6.06. The molecule has 0 radical (unpaired) electrons. The average molecular weight is 269 g/mol. The molecule has 0 amide bonds. The maximum absolute atomic E-state index is 12.5. The molecule has 0 bridgehead atoms. The molecule has 1 aromatic carbocycles. The fourth-order valence-corrected chi connectivity index (χ4v) is 2.76. The SMILES string of the molecule is CC1(C(=O)C2C=CN(c3ccccc3)N=C2N)CCC1. The number of amidine groups is 1. The van der Waals surface area contributed by atoms with Crippen LogP contribution in [0.5, 0.6) is 0 Å². The summed E-state index contributed by atoms with van der Waals surface area (Å²) in [5.74, 6) is 0.212. The van der Waals surface area contributed by atoms with Crippen LogP contribution in [-0.2, 0) is 4.79 Å². The third-order valence-electron chi connectivity index (χ3n) is 4.32. The highest BCUT2D eigenvalue weighted by Crippen LogP contribution is 2.43. The number of anilines is 1. The van der Waals surface area contributed by atoms with Gasteiger partial charge in [0.15, 0.2) is 5.78 Å². The lowest BCUT2D eigenvalue weighted by Crippen LogP contribution is -2.44. The van der Waals surface area contributed by atoms with Crippen molar-refractivity contribution in [3.8, 4) is 0 Å². The first-order valence-electron chi connectivity index (χ1n) is 7.01. The molecule has 0 saturated heterocycles. The molecule has 0 spiro atoms. The number of Topliss-reactive ketones (excluding diaryl/α,β-unsaturated/α-hetero) is 1. The topological polar surface area (TPSA) is 58.7 Å². The Morgan fingerprint density at radius 3 is 2.60 bits per heavy atom. The first-order chi connectivity index (χ1) is 9.60. The zero-order valence-corrected chi connectivity index (χ0v) is 11.6. The van der Waals surface area contributed by atoms with E-state index in [2.05, 4.69) is 5.10 Å². The molecule has 20 heavy (non-hydrogen) atoms. The molecule has 3 rings (SSSR count). The van der Waals surface area contributed by atoms with Gasteiger partial charge in [-0.15, -0.1) is 0 Å². The zero-order valence-electron chi connectivity index (χ0n) is 11.6. The molecule has 1 heterocycles. The normalized spacial score (nSPS) is 23.9. The van der Waals surface area contributed by atoms with Crippen molar-refractivity contribution >= 4 is 17.3 Å². The minimum absolute atomic E-state index is 0.203. The number of rotatable bonds is 3. The summed E-state index contributed by atoms with van der Waals surface area (Å²) >= 11 is 0. The standard InChI is InChI=1S/C16H19N3O/c1-16(9-5-10-16)14(20)13-8-11-19(18-15(13)17)12-6-3-2-4-7-12/h2-4,6-8,11,13H,5,9-10H2,1H3,(H2,17,18). The number of hydrogen-bond donors (Lipinski definition) is 1. The lowest BCUT2D eigenvalue weighted by molar-refractivity contribution is -0.133. The van der Waals surface area contributed by atoms with E-state index in [0.29, 0.717) is 5.84 Å². The summed E-state index contributed by atoms with van der Waals surface area (Å²) < 4.78 is 0. The molecule has 1 aromatic rings. The first kappa shape index (κ1) is 12.9. The van der Waals surface area contributed by atoms with Crippen molar-refractivity contribution in [1.82, 2.24) is 0 Å². The van der Waals surface area contributed by atoms with Gasteiger partial charge >= 0.3 is 0 Å². The zero-order chi connectivity index (χ0) is 14.2. The number of para-hydroxylation sites is 1. The van der Waals surface area contributed by atoms with Crippen molar-refractivity contribution in [1.29, 1.82) is 0 Å². The molecule has 1 unspecified atom stereocenters. The van der Waals surface area contributed by atoms with E-state index in [1.807, 2.05) is 49.5 Å². The molecular formula is C16H19N3O. The van der Waals surface area contributed by atoms with Gasteiger partial charge in [0.05, 0.1) is 11.6 Å².